The number of hydrogen-bond donors (Lipinski definition) is 1. The minimum absolute atomic E-state index is 0.625. The highest BCUT2D eigenvalue weighted by Crippen LogP contribution is 2.27. The van der Waals surface area contributed by atoms with Crippen LogP contribution in [0.15, 0.2) is 53.0 Å². The third-order valence-corrected chi connectivity index (χ3v) is 5.00. The molecule has 2 aromatic rings. The average Bonchev–Trinajstić information content (AvgIpc) is 2.59. The van der Waals surface area contributed by atoms with Crippen molar-refractivity contribution in [2.45, 2.75) is 38.1 Å². The van der Waals surface area contributed by atoms with Gasteiger partial charge in [0.05, 0.1) is 11.1 Å². The number of rotatable bonds is 6. The Morgan fingerprint density at radius 1 is 1.04 bits per heavy atom. The van der Waals surface area contributed by atoms with E-state index >= 15 is 0 Å². The lowest BCUT2D eigenvalue weighted by Gasteiger charge is -2.23. The minimum Gasteiger partial charge on any atom is -0.492 e. The quantitative estimate of drug-likeness (QED) is 0.773. The van der Waals surface area contributed by atoms with Crippen molar-refractivity contribution in [1.29, 1.82) is 0 Å². The molecule has 1 aliphatic heterocycles. The van der Waals surface area contributed by atoms with E-state index in [-0.39, 0.29) is 0 Å². The predicted octanol–water partition coefficient (Wildman–Crippen LogP) is 4.95. The maximum Gasteiger partial charge on any atom is 0.133 e. The first-order valence-electron chi connectivity index (χ1n) is 8.50. The first-order chi connectivity index (χ1) is 11.3. The summed E-state index contributed by atoms with van der Waals surface area (Å²) in [5, 5.41) is 3.56. The molecule has 1 fully saturated rings. The lowest BCUT2D eigenvalue weighted by molar-refractivity contribution is 0.267. The predicted molar refractivity (Wildman–Crippen MR) is 99.1 cm³/mol. The van der Waals surface area contributed by atoms with Crippen LogP contribution in [0.3, 0.4) is 0 Å². The molecule has 0 aliphatic carbocycles. The van der Waals surface area contributed by atoms with Gasteiger partial charge in [-0.15, -0.1) is 0 Å². The van der Waals surface area contributed by atoms with Gasteiger partial charge < -0.3 is 10.1 Å². The molecular weight excluding hydrogens is 350 g/mol. The third kappa shape index (κ3) is 5.08. The van der Waals surface area contributed by atoms with Crippen molar-refractivity contribution in [3.05, 3.63) is 64.1 Å². The summed E-state index contributed by atoms with van der Waals surface area (Å²) in [6.07, 6.45) is 5.96. The van der Waals surface area contributed by atoms with Crippen LogP contribution in [0.4, 0.5) is 0 Å². The molecule has 1 aliphatic rings. The van der Waals surface area contributed by atoms with Crippen molar-refractivity contribution in [2.75, 3.05) is 13.2 Å². The van der Waals surface area contributed by atoms with Crippen molar-refractivity contribution in [3.63, 3.8) is 0 Å². The lowest BCUT2D eigenvalue weighted by atomic mass is 10.0. The van der Waals surface area contributed by atoms with Crippen LogP contribution < -0.4 is 10.1 Å². The van der Waals surface area contributed by atoms with E-state index in [4.69, 9.17) is 4.74 Å². The summed E-state index contributed by atoms with van der Waals surface area (Å²) in [4.78, 5) is 0. The Morgan fingerprint density at radius 2 is 1.91 bits per heavy atom. The zero-order chi connectivity index (χ0) is 15.9. The molecule has 1 atom stereocenters. The molecule has 23 heavy (non-hydrogen) atoms. The van der Waals surface area contributed by atoms with Gasteiger partial charge in [-0.3, -0.25) is 0 Å². The van der Waals surface area contributed by atoms with Crippen LogP contribution in [-0.2, 0) is 6.42 Å². The summed E-state index contributed by atoms with van der Waals surface area (Å²) >= 11 is 3.65. The summed E-state index contributed by atoms with van der Waals surface area (Å²) < 4.78 is 7.00. The van der Waals surface area contributed by atoms with Crippen LogP contribution >= 0.6 is 15.9 Å². The number of halogens is 1. The largest absolute Gasteiger partial charge is 0.492 e. The Labute approximate surface area is 147 Å². The van der Waals surface area contributed by atoms with Gasteiger partial charge in [0.1, 0.15) is 5.75 Å². The number of piperidine rings is 1. The molecular formula is C20H24BrNO. The van der Waals surface area contributed by atoms with Gasteiger partial charge >= 0.3 is 0 Å². The van der Waals surface area contributed by atoms with Gasteiger partial charge in [-0.2, -0.15) is 0 Å². The highest BCUT2D eigenvalue weighted by Gasteiger charge is 2.12. The van der Waals surface area contributed by atoms with Crippen LogP contribution in [0.5, 0.6) is 5.75 Å². The first kappa shape index (κ1) is 16.5. The molecule has 1 heterocycles. The second-order valence-electron chi connectivity index (χ2n) is 6.21. The normalized spacial score (nSPS) is 17.9. The summed E-state index contributed by atoms with van der Waals surface area (Å²) in [7, 11) is 0. The van der Waals surface area contributed by atoms with Gasteiger partial charge in [-0.1, -0.05) is 42.8 Å². The molecule has 122 valence electrons. The molecule has 0 spiro atoms. The standard InChI is InChI=1S/C20H24BrNO/c21-19-15-17(14-16-6-2-1-3-7-16)9-10-20(19)23-13-11-18-8-4-5-12-22-18/h1-3,6-7,9-10,15,18,22H,4-5,8,11-14H2/t18-/m1/s1. The van der Waals surface area contributed by atoms with Crippen molar-refractivity contribution in [2.24, 2.45) is 0 Å². The summed E-state index contributed by atoms with van der Waals surface area (Å²) in [6.45, 7) is 1.93. The van der Waals surface area contributed by atoms with Crippen molar-refractivity contribution in [1.82, 2.24) is 5.32 Å². The second kappa shape index (κ2) is 8.51. The van der Waals surface area contributed by atoms with E-state index in [0.29, 0.717) is 6.04 Å². The lowest BCUT2D eigenvalue weighted by Crippen LogP contribution is -2.35. The van der Waals surface area contributed by atoms with Gasteiger partial charge in [0.25, 0.3) is 0 Å². The molecule has 1 saturated heterocycles. The average molecular weight is 374 g/mol. The van der Waals surface area contributed by atoms with Crippen molar-refractivity contribution < 1.29 is 4.74 Å². The van der Waals surface area contributed by atoms with E-state index in [1.165, 1.54) is 30.4 Å². The fraction of sp³-hybridized carbons (Fsp3) is 0.400. The van der Waals surface area contributed by atoms with Crippen LogP contribution in [-0.4, -0.2) is 19.2 Å². The van der Waals surface area contributed by atoms with E-state index in [1.807, 2.05) is 0 Å². The number of ether oxygens (including phenoxy) is 1. The summed E-state index contributed by atoms with van der Waals surface area (Å²) in [5.74, 6) is 0.942. The fourth-order valence-corrected chi connectivity index (χ4v) is 3.63. The van der Waals surface area contributed by atoms with E-state index in [1.54, 1.807) is 0 Å². The van der Waals surface area contributed by atoms with Gasteiger partial charge in [0, 0.05) is 6.04 Å². The maximum absolute atomic E-state index is 5.96. The van der Waals surface area contributed by atoms with E-state index in [9.17, 15) is 0 Å². The van der Waals surface area contributed by atoms with E-state index < -0.39 is 0 Å². The molecule has 3 heteroatoms. The topological polar surface area (TPSA) is 21.3 Å². The Morgan fingerprint density at radius 3 is 2.65 bits per heavy atom. The van der Waals surface area contributed by atoms with Crippen LogP contribution in [0.1, 0.15) is 36.8 Å². The highest BCUT2D eigenvalue weighted by atomic mass is 79.9. The smallest absolute Gasteiger partial charge is 0.133 e. The zero-order valence-corrected chi connectivity index (χ0v) is 15.0. The Bertz CT molecular complexity index is 608. The molecule has 0 radical (unpaired) electrons. The van der Waals surface area contributed by atoms with E-state index in [0.717, 1.165) is 36.2 Å². The Hall–Kier alpha value is -1.32. The van der Waals surface area contributed by atoms with Gasteiger partial charge in [-0.25, -0.2) is 0 Å². The van der Waals surface area contributed by atoms with Crippen molar-refractivity contribution >= 4 is 15.9 Å². The molecule has 0 amide bonds. The van der Waals surface area contributed by atoms with Gasteiger partial charge in [0.2, 0.25) is 0 Å². The van der Waals surface area contributed by atoms with Crippen LogP contribution in [0, 0.1) is 0 Å². The zero-order valence-electron chi connectivity index (χ0n) is 13.4. The SMILES string of the molecule is Brc1cc(Cc2ccccc2)ccc1OCC[C@H]1CCCCN1. The Balaban J connectivity index is 1.52. The van der Waals surface area contributed by atoms with E-state index in [2.05, 4.69) is 69.8 Å². The minimum atomic E-state index is 0.625. The number of benzene rings is 2. The first-order valence-corrected chi connectivity index (χ1v) is 9.29. The number of nitrogens with one attached hydrogen (secondary N) is 1. The molecule has 0 saturated carbocycles. The van der Waals surface area contributed by atoms with Gasteiger partial charge in [-0.05, 0) is 71.4 Å². The molecule has 1 N–H and O–H groups in total. The molecule has 2 aromatic carbocycles. The van der Waals surface area contributed by atoms with Gasteiger partial charge in [0.15, 0.2) is 0 Å². The van der Waals surface area contributed by atoms with Crippen molar-refractivity contribution in [3.8, 4) is 5.75 Å². The molecule has 0 unspecified atom stereocenters. The third-order valence-electron chi connectivity index (χ3n) is 4.38. The Kier molecular flexibility index (Phi) is 6.12. The maximum atomic E-state index is 5.96. The van der Waals surface area contributed by atoms with Crippen LogP contribution in [0.25, 0.3) is 0 Å². The molecule has 0 bridgehead atoms. The molecule has 2 nitrogen and oxygen atoms in total. The highest BCUT2D eigenvalue weighted by molar-refractivity contribution is 9.10. The second-order valence-corrected chi connectivity index (χ2v) is 7.07. The summed E-state index contributed by atoms with van der Waals surface area (Å²) in [6, 6.07) is 17.6. The molecule has 0 aromatic heterocycles. The number of hydrogen-bond acceptors (Lipinski definition) is 2. The molecule has 3 rings (SSSR count). The van der Waals surface area contributed by atoms with Crippen LogP contribution in [0.2, 0.25) is 0 Å². The fourth-order valence-electron chi connectivity index (χ4n) is 3.08. The summed E-state index contributed by atoms with van der Waals surface area (Å²) in [5.41, 5.74) is 2.63. The monoisotopic (exact) mass is 373 g/mol.